The van der Waals surface area contributed by atoms with E-state index in [1.165, 1.54) is 30.5 Å². The van der Waals surface area contributed by atoms with Gasteiger partial charge >= 0.3 is 0 Å². The van der Waals surface area contributed by atoms with E-state index in [9.17, 15) is 0 Å². The number of hydrogen-bond donors (Lipinski definition) is 0. The third-order valence-electron chi connectivity index (χ3n) is 4.91. The van der Waals surface area contributed by atoms with Crippen LogP contribution < -0.4 is 4.90 Å². The maximum Gasteiger partial charge on any atom is 0.0670 e. The summed E-state index contributed by atoms with van der Waals surface area (Å²) in [6.45, 7) is 0. The first-order chi connectivity index (χ1) is 8.70. The molecule has 2 aliphatic carbocycles. The number of hydrogen-bond acceptors (Lipinski definition) is 2. The highest BCUT2D eigenvalue weighted by Gasteiger charge is 2.48. The normalized spacial score (nSPS) is 33.9. The van der Waals surface area contributed by atoms with E-state index in [4.69, 9.17) is 4.74 Å². The van der Waals surface area contributed by atoms with Crippen molar-refractivity contribution < 1.29 is 4.74 Å². The minimum absolute atomic E-state index is 0.453. The molecule has 98 valence electrons. The van der Waals surface area contributed by atoms with E-state index < -0.39 is 0 Å². The van der Waals surface area contributed by atoms with Crippen LogP contribution in [0.4, 0.5) is 5.69 Å². The molecule has 0 aromatic heterocycles. The Morgan fingerprint density at radius 2 is 1.72 bits per heavy atom. The smallest absolute Gasteiger partial charge is 0.0670 e. The molecule has 0 heterocycles. The van der Waals surface area contributed by atoms with Crippen molar-refractivity contribution in [3.8, 4) is 0 Å². The van der Waals surface area contributed by atoms with Crippen LogP contribution in [0.25, 0.3) is 0 Å². The maximum atomic E-state index is 5.78. The second-order valence-electron chi connectivity index (χ2n) is 6.05. The summed E-state index contributed by atoms with van der Waals surface area (Å²) in [5.41, 5.74) is 2.75. The number of methoxy groups -OCH3 is 1. The van der Waals surface area contributed by atoms with Crippen molar-refractivity contribution in [1.29, 1.82) is 0 Å². The Morgan fingerprint density at radius 1 is 1.06 bits per heavy atom. The molecule has 2 saturated carbocycles. The van der Waals surface area contributed by atoms with Gasteiger partial charge in [0.05, 0.1) is 6.10 Å². The lowest BCUT2D eigenvalue weighted by molar-refractivity contribution is 0.0406. The van der Waals surface area contributed by atoms with E-state index >= 15 is 0 Å². The van der Waals surface area contributed by atoms with Gasteiger partial charge in [0.25, 0.3) is 0 Å². The van der Waals surface area contributed by atoms with Gasteiger partial charge < -0.3 is 9.64 Å². The third kappa shape index (κ3) is 1.83. The molecule has 0 amide bonds. The van der Waals surface area contributed by atoms with Gasteiger partial charge in [-0.05, 0) is 48.8 Å². The minimum Gasteiger partial charge on any atom is -0.381 e. The predicted molar refractivity (Wildman–Crippen MR) is 75.1 cm³/mol. The highest BCUT2D eigenvalue weighted by molar-refractivity contribution is 5.47. The van der Waals surface area contributed by atoms with E-state index in [0.29, 0.717) is 12.0 Å². The summed E-state index contributed by atoms with van der Waals surface area (Å²) in [6, 6.07) is 9.06. The van der Waals surface area contributed by atoms with Crippen molar-refractivity contribution in [1.82, 2.24) is 0 Å². The largest absolute Gasteiger partial charge is 0.381 e. The Labute approximate surface area is 110 Å². The summed E-state index contributed by atoms with van der Waals surface area (Å²) < 4.78 is 5.78. The number of fused-ring (bicyclic) bond motifs is 2. The summed E-state index contributed by atoms with van der Waals surface area (Å²) in [6.07, 6.45) is 4.59. The summed E-state index contributed by atoms with van der Waals surface area (Å²) in [5.74, 6) is 2.29. The Hall–Kier alpha value is -1.02. The molecule has 0 N–H and O–H groups in total. The van der Waals surface area contributed by atoms with E-state index in [1.807, 2.05) is 7.11 Å². The van der Waals surface area contributed by atoms with Crippen LogP contribution in [0.1, 0.15) is 30.7 Å². The summed E-state index contributed by atoms with van der Waals surface area (Å²) in [7, 11) is 6.06. The van der Waals surface area contributed by atoms with E-state index in [1.54, 1.807) is 0 Å². The molecule has 2 bridgehead atoms. The molecule has 0 unspecified atom stereocenters. The fraction of sp³-hybridized carbons (Fsp3) is 0.625. The zero-order valence-corrected chi connectivity index (χ0v) is 11.6. The maximum absolute atomic E-state index is 5.78. The molecule has 2 nitrogen and oxygen atoms in total. The summed E-state index contributed by atoms with van der Waals surface area (Å²) >= 11 is 0. The summed E-state index contributed by atoms with van der Waals surface area (Å²) in [4.78, 5) is 2.15. The van der Waals surface area contributed by atoms with Gasteiger partial charge in [0.15, 0.2) is 0 Å². The molecule has 2 aliphatic rings. The van der Waals surface area contributed by atoms with Crippen LogP contribution in [0.2, 0.25) is 0 Å². The third-order valence-corrected chi connectivity index (χ3v) is 4.91. The van der Waals surface area contributed by atoms with Crippen LogP contribution in [-0.4, -0.2) is 27.3 Å². The van der Waals surface area contributed by atoms with Crippen LogP contribution in [-0.2, 0) is 4.74 Å². The molecule has 1 aromatic rings. The van der Waals surface area contributed by atoms with Crippen molar-refractivity contribution in [2.24, 2.45) is 11.8 Å². The average Bonchev–Trinajstić information content (AvgIpc) is 2.98. The zero-order valence-electron chi connectivity index (χ0n) is 11.6. The second kappa shape index (κ2) is 4.58. The Kier molecular flexibility index (Phi) is 3.06. The van der Waals surface area contributed by atoms with Gasteiger partial charge in [-0.25, -0.2) is 0 Å². The van der Waals surface area contributed by atoms with Crippen molar-refractivity contribution in [3.05, 3.63) is 29.8 Å². The lowest BCUT2D eigenvalue weighted by atomic mass is 9.81. The van der Waals surface area contributed by atoms with Crippen molar-refractivity contribution in [2.75, 3.05) is 26.1 Å². The second-order valence-corrected chi connectivity index (χ2v) is 6.05. The Balaban J connectivity index is 1.85. The first-order valence-corrected chi connectivity index (χ1v) is 7.01. The van der Waals surface area contributed by atoms with Gasteiger partial charge in [0.2, 0.25) is 0 Å². The van der Waals surface area contributed by atoms with Gasteiger partial charge in [-0.2, -0.15) is 0 Å². The van der Waals surface area contributed by atoms with E-state index in [0.717, 1.165) is 11.8 Å². The van der Waals surface area contributed by atoms with Crippen LogP contribution in [0, 0.1) is 11.8 Å². The first-order valence-electron chi connectivity index (χ1n) is 7.01. The lowest BCUT2D eigenvalue weighted by Crippen LogP contribution is -2.27. The van der Waals surface area contributed by atoms with Crippen molar-refractivity contribution >= 4 is 5.69 Å². The number of rotatable bonds is 3. The fourth-order valence-electron chi connectivity index (χ4n) is 4.03. The number of benzene rings is 1. The zero-order chi connectivity index (χ0) is 12.7. The highest BCUT2D eigenvalue weighted by atomic mass is 16.5. The molecule has 0 aliphatic heterocycles. The average molecular weight is 245 g/mol. The molecule has 0 radical (unpaired) electrons. The van der Waals surface area contributed by atoms with Gasteiger partial charge in [-0.15, -0.1) is 0 Å². The van der Waals surface area contributed by atoms with Gasteiger partial charge in [0.1, 0.15) is 0 Å². The SMILES string of the molecule is CO[C@@H]1[C@H]2CC[C@H](C2)[C@H]1c1ccc(N(C)C)cc1. The monoisotopic (exact) mass is 245 g/mol. The standard InChI is InChI=1S/C16H23NO/c1-17(2)14-8-6-11(7-9-14)15-12-4-5-13(10-12)16(15)18-3/h6-9,12-13,15-16H,4-5,10H2,1-3H3/t12-,13+,15-,16-/m1/s1. The molecular formula is C16H23NO. The number of nitrogens with zero attached hydrogens (tertiary/aromatic N) is 1. The van der Waals surface area contributed by atoms with Crippen LogP contribution in [0.5, 0.6) is 0 Å². The van der Waals surface area contributed by atoms with Gasteiger partial charge in [0, 0.05) is 32.8 Å². The molecule has 18 heavy (non-hydrogen) atoms. The molecule has 4 atom stereocenters. The van der Waals surface area contributed by atoms with Crippen molar-refractivity contribution in [3.63, 3.8) is 0 Å². The molecule has 2 heteroatoms. The lowest BCUT2D eigenvalue weighted by Gasteiger charge is -2.30. The minimum atomic E-state index is 0.453. The predicted octanol–water partition coefficient (Wildman–Crippen LogP) is 3.28. The number of anilines is 1. The van der Waals surface area contributed by atoms with Gasteiger partial charge in [-0.1, -0.05) is 12.1 Å². The van der Waals surface area contributed by atoms with Crippen LogP contribution >= 0.6 is 0 Å². The summed E-state index contributed by atoms with van der Waals surface area (Å²) in [5, 5.41) is 0. The Bertz CT molecular complexity index is 412. The van der Waals surface area contributed by atoms with E-state index in [2.05, 4.69) is 43.3 Å². The number of ether oxygens (including phenoxy) is 1. The first kappa shape index (κ1) is 12.0. The quantitative estimate of drug-likeness (QED) is 0.810. The Morgan fingerprint density at radius 3 is 2.33 bits per heavy atom. The fourth-order valence-corrected chi connectivity index (χ4v) is 4.03. The molecular weight excluding hydrogens is 222 g/mol. The highest BCUT2D eigenvalue weighted by Crippen LogP contribution is 2.54. The van der Waals surface area contributed by atoms with Crippen LogP contribution in [0.3, 0.4) is 0 Å². The topological polar surface area (TPSA) is 12.5 Å². The molecule has 3 rings (SSSR count). The van der Waals surface area contributed by atoms with E-state index in [-0.39, 0.29) is 0 Å². The molecule has 2 fully saturated rings. The molecule has 0 spiro atoms. The molecule has 1 aromatic carbocycles. The van der Waals surface area contributed by atoms with Crippen molar-refractivity contribution in [2.45, 2.75) is 31.3 Å². The van der Waals surface area contributed by atoms with Gasteiger partial charge in [-0.3, -0.25) is 0 Å². The van der Waals surface area contributed by atoms with Crippen LogP contribution in [0.15, 0.2) is 24.3 Å². The molecule has 0 saturated heterocycles.